The first-order valence-electron chi connectivity index (χ1n) is 9.27. The minimum absolute atomic E-state index is 0.595. The third kappa shape index (κ3) is 13.4. The van der Waals surface area contributed by atoms with Crippen molar-refractivity contribution in [2.75, 3.05) is 54.4 Å². The van der Waals surface area contributed by atoms with Gasteiger partial charge in [0.05, 0.1) is 6.61 Å². The van der Waals surface area contributed by atoms with Gasteiger partial charge in [-0.15, -0.1) is 0 Å². The molecule has 0 spiro atoms. The molecule has 0 unspecified atom stereocenters. The summed E-state index contributed by atoms with van der Waals surface area (Å²) in [6.07, 6.45) is 0.870. The van der Waals surface area contributed by atoms with Gasteiger partial charge in [0, 0.05) is 53.8 Å². The van der Waals surface area contributed by atoms with Crippen LogP contribution in [0.3, 0.4) is 0 Å². The van der Waals surface area contributed by atoms with E-state index in [1.807, 2.05) is 27.7 Å². The molecule has 9 heteroatoms. The Kier molecular flexibility index (Phi) is 18.9. The molecular weight excluding hydrogens is 384 g/mol. The lowest BCUT2D eigenvalue weighted by Crippen LogP contribution is -2.44. The van der Waals surface area contributed by atoms with Crippen LogP contribution < -0.4 is 0 Å². The number of ether oxygens (including phenoxy) is 1. The molecule has 0 aromatic carbocycles. The van der Waals surface area contributed by atoms with Crippen LogP contribution in [0.25, 0.3) is 0 Å². The van der Waals surface area contributed by atoms with Gasteiger partial charge in [0.2, 0.25) is 0 Å². The maximum absolute atomic E-state index is 5.44. The van der Waals surface area contributed by atoms with Crippen molar-refractivity contribution < 1.29 is 31.3 Å². The summed E-state index contributed by atoms with van der Waals surface area (Å²) in [7, 11) is -0.0456. The van der Waals surface area contributed by atoms with Crippen molar-refractivity contribution in [3.8, 4) is 0 Å². The summed E-state index contributed by atoms with van der Waals surface area (Å²) in [6.45, 7) is 18.2. The van der Waals surface area contributed by atoms with Crippen LogP contribution in [-0.2, 0) is 31.3 Å². The van der Waals surface area contributed by atoms with Crippen molar-refractivity contribution in [3.63, 3.8) is 0 Å². The maximum atomic E-state index is 5.44. The second-order valence-electron chi connectivity index (χ2n) is 5.52. The molecule has 162 valence electrons. The van der Waals surface area contributed by atoms with Gasteiger partial charge in [0.15, 0.2) is 0 Å². The minimum Gasteiger partial charge on any atom is -0.377 e. The topological polar surface area (TPSA) is 64.6 Å². The molecule has 0 aliphatic rings. The fourth-order valence-electron chi connectivity index (χ4n) is 2.10. The molecule has 0 heterocycles. The van der Waals surface area contributed by atoms with Crippen LogP contribution in [0.5, 0.6) is 0 Å². The average molecular weight is 425 g/mol. The van der Waals surface area contributed by atoms with Gasteiger partial charge in [0.1, 0.15) is 0 Å². The van der Waals surface area contributed by atoms with Crippen LogP contribution in [0.2, 0.25) is 6.04 Å². The van der Waals surface area contributed by atoms with Crippen LogP contribution in [0.4, 0.5) is 0 Å². The predicted octanol–water partition coefficient (Wildman–Crippen LogP) is 3.61. The third-order valence-corrected chi connectivity index (χ3v) is 8.74. The smallest absolute Gasteiger partial charge is 0.377 e. The standard InChI is InChI=1S/C10H22O4Si.C8H18O3Si/c1-10(2)9-14-7-6-8-15(11-3,12-4)13-5;1-5-9-12(8-4,10-6-2)11-7-3/h1,6-9H2,2-5H3;8H,4-7H2,1-3H3. The second-order valence-corrected chi connectivity index (χ2v) is 11.1. The van der Waals surface area contributed by atoms with Gasteiger partial charge in [0.25, 0.3) is 0 Å². The highest BCUT2D eigenvalue weighted by Gasteiger charge is 2.37. The number of hydrogen-bond acceptors (Lipinski definition) is 7. The molecule has 0 amide bonds. The highest BCUT2D eigenvalue weighted by atomic mass is 28.4. The molecule has 0 N–H and O–H groups in total. The zero-order valence-electron chi connectivity index (χ0n) is 18.3. The summed E-state index contributed by atoms with van der Waals surface area (Å²) in [5, 5.41) is 0. The molecule has 0 saturated heterocycles. The average Bonchev–Trinajstić information content (AvgIpc) is 2.66. The molecule has 0 aromatic rings. The van der Waals surface area contributed by atoms with E-state index >= 15 is 0 Å². The summed E-state index contributed by atoms with van der Waals surface area (Å²) in [5.41, 5.74) is 2.70. The Bertz CT molecular complexity index is 351. The van der Waals surface area contributed by atoms with Crippen molar-refractivity contribution in [1.29, 1.82) is 0 Å². The van der Waals surface area contributed by atoms with Gasteiger partial charge in [-0.05, 0) is 39.8 Å². The second kappa shape index (κ2) is 17.7. The van der Waals surface area contributed by atoms with E-state index < -0.39 is 17.6 Å². The summed E-state index contributed by atoms with van der Waals surface area (Å²) in [4.78, 5) is 0. The van der Waals surface area contributed by atoms with E-state index in [0.29, 0.717) is 33.0 Å². The fraction of sp³-hybridized carbons (Fsp3) is 0.778. The van der Waals surface area contributed by atoms with E-state index in [9.17, 15) is 0 Å². The van der Waals surface area contributed by atoms with Crippen LogP contribution in [0.1, 0.15) is 34.1 Å². The van der Waals surface area contributed by atoms with Crippen molar-refractivity contribution in [2.24, 2.45) is 0 Å². The molecule has 7 nitrogen and oxygen atoms in total. The molecule has 27 heavy (non-hydrogen) atoms. The van der Waals surface area contributed by atoms with E-state index in [2.05, 4.69) is 13.2 Å². The third-order valence-electron chi connectivity index (χ3n) is 3.34. The zero-order valence-corrected chi connectivity index (χ0v) is 20.3. The van der Waals surface area contributed by atoms with Crippen LogP contribution in [0, 0.1) is 0 Å². The van der Waals surface area contributed by atoms with Gasteiger partial charge < -0.3 is 31.3 Å². The van der Waals surface area contributed by atoms with E-state index in [-0.39, 0.29) is 0 Å². The molecule has 0 fully saturated rings. The summed E-state index contributed by atoms with van der Waals surface area (Å²) in [5.74, 6) is 0. The number of hydrogen-bond donors (Lipinski definition) is 0. The SMILES string of the molecule is C=C(C)COCCC[Si](OC)(OC)OC.C=C[Si](OCC)(OCC)OCC. The first-order chi connectivity index (χ1) is 12.8. The molecule has 0 atom stereocenters. The van der Waals surface area contributed by atoms with Crippen molar-refractivity contribution in [2.45, 2.75) is 40.2 Å². The van der Waals surface area contributed by atoms with Gasteiger partial charge in [-0.3, -0.25) is 0 Å². The van der Waals surface area contributed by atoms with Crippen molar-refractivity contribution in [1.82, 2.24) is 0 Å². The Labute approximate surface area is 168 Å². The quantitative estimate of drug-likeness (QED) is 0.213. The van der Waals surface area contributed by atoms with Crippen molar-refractivity contribution >= 4 is 17.6 Å². The first kappa shape index (κ1) is 28.8. The Morgan fingerprint density at radius 3 is 1.63 bits per heavy atom. The summed E-state index contributed by atoms with van der Waals surface area (Å²) < 4.78 is 37.5. The Morgan fingerprint density at radius 2 is 1.33 bits per heavy atom. The van der Waals surface area contributed by atoms with E-state index in [1.165, 1.54) is 0 Å². The zero-order chi connectivity index (χ0) is 21.2. The Hall–Kier alpha value is -0.366. The lowest BCUT2D eigenvalue weighted by atomic mass is 10.4. The van der Waals surface area contributed by atoms with Crippen molar-refractivity contribution in [3.05, 3.63) is 24.4 Å². The predicted molar refractivity (Wildman–Crippen MR) is 113 cm³/mol. The minimum atomic E-state index is -2.51. The first-order valence-corrected chi connectivity index (χ1v) is 13.0. The molecular formula is C18H40O7Si2. The lowest BCUT2D eigenvalue weighted by Gasteiger charge is -2.24. The molecule has 0 aliphatic carbocycles. The normalized spacial score (nSPS) is 11.7. The lowest BCUT2D eigenvalue weighted by molar-refractivity contribution is 0.0843. The number of rotatable bonds is 16. The van der Waals surface area contributed by atoms with E-state index in [0.717, 1.165) is 18.0 Å². The molecule has 0 saturated carbocycles. The van der Waals surface area contributed by atoms with Crippen LogP contribution >= 0.6 is 0 Å². The highest BCUT2D eigenvalue weighted by molar-refractivity contribution is 6.66. The van der Waals surface area contributed by atoms with E-state index in [1.54, 1.807) is 27.0 Å². The monoisotopic (exact) mass is 424 g/mol. The highest BCUT2D eigenvalue weighted by Crippen LogP contribution is 2.14. The Morgan fingerprint density at radius 1 is 0.889 bits per heavy atom. The van der Waals surface area contributed by atoms with E-state index in [4.69, 9.17) is 31.3 Å². The molecule has 0 aromatic heterocycles. The van der Waals surface area contributed by atoms with Gasteiger partial charge >= 0.3 is 17.6 Å². The van der Waals surface area contributed by atoms with Crippen LogP contribution in [0.15, 0.2) is 24.4 Å². The fourth-order valence-corrected chi connectivity index (χ4v) is 5.60. The summed E-state index contributed by atoms with van der Waals surface area (Å²) in [6, 6.07) is 0.771. The largest absolute Gasteiger partial charge is 0.528 e. The molecule has 0 rings (SSSR count). The maximum Gasteiger partial charge on any atom is 0.528 e. The summed E-state index contributed by atoms with van der Waals surface area (Å²) >= 11 is 0. The van der Waals surface area contributed by atoms with Gasteiger partial charge in [-0.25, -0.2) is 0 Å². The molecule has 0 bridgehead atoms. The molecule has 0 aliphatic heterocycles. The molecule has 0 radical (unpaired) electrons. The van der Waals surface area contributed by atoms with Gasteiger partial charge in [-0.2, -0.15) is 0 Å². The Balaban J connectivity index is 0. The van der Waals surface area contributed by atoms with Gasteiger partial charge in [-0.1, -0.05) is 18.7 Å². The van der Waals surface area contributed by atoms with Crippen LogP contribution in [-0.4, -0.2) is 72.0 Å².